The molecule has 124 valence electrons. The summed E-state index contributed by atoms with van der Waals surface area (Å²) in [6.45, 7) is 14.9. The van der Waals surface area contributed by atoms with Crippen molar-refractivity contribution >= 4 is 0 Å². The first kappa shape index (κ1) is 19.1. The van der Waals surface area contributed by atoms with Gasteiger partial charge in [-0.25, -0.2) is 0 Å². The standard InChI is InChI=1S/C20H27NO2/c1-5-10-19(22,11-6-2)15-17-16-21-14-9-18(17)20(23,12-7-3)13-8-4/h5-9,14,16,22-23H,1-4,10-13,15H2. The van der Waals surface area contributed by atoms with E-state index in [1.807, 2.05) is 0 Å². The molecular weight excluding hydrogens is 286 g/mol. The summed E-state index contributed by atoms with van der Waals surface area (Å²) in [5.41, 5.74) is -0.515. The second-order valence-corrected chi connectivity index (χ2v) is 5.94. The van der Waals surface area contributed by atoms with Crippen molar-refractivity contribution in [2.45, 2.75) is 43.3 Å². The smallest absolute Gasteiger partial charge is 0.0968 e. The van der Waals surface area contributed by atoms with Crippen molar-refractivity contribution in [3.8, 4) is 0 Å². The SMILES string of the molecule is C=CCC(O)(CC=C)Cc1cnccc1C(O)(CC=C)CC=C. The zero-order valence-corrected chi connectivity index (χ0v) is 13.7. The molecule has 0 unspecified atom stereocenters. The number of pyridine rings is 1. The van der Waals surface area contributed by atoms with Crippen LogP contribution in [0.5, 0.6) is 0 Å². The highest BCUT2D eigenvalue weighted by Gasteiger charge is 2.32. The van der Waals surface area contributed by atoms with Crippen LogP contribution in [0.1, 0.15) is 36.8 Å². The summed E-state index contributed by atoms with van der Waals surface area (Å²) in [5.74, 6) is 0. The van der Waals surface area contributed by atoms with Crippen LogP contribution in [0.15, 0.2) is 69.1 Å². The Labute approximate surface area is 139 Å². The summed E-state index contributed by atoms with van der Waals surface area (Å²) in [4.78, 5) is 4.16. The van der Waals surface area contributed by atoms with Gasteiger partial charge in [0.1, 0.15) is 0 Å². The van der Waals surface area contributed by atoms with Gasteiger partial charge in [0.2, 0.25) is 0 Å². The second-order valence-electron chi connectivity index (χ2n) is 5.94. The molecule has 23 heavy (non-hydrogen) atoms. The predicted molar refractivity (Wildman–Crippen MR) is 96.0 cm³/mol. The molecular formula is C20H27NO2. The Bertz CT molecular complexity index is 543. The molecule has 1 heterocycles. The molecule has 0 aromatic carbocycles. The fourth-order valence-corrected chi connectivity index (χ4v) is 2.92. The van der Waals surface area contributed by atoms with E-state index in [1.54, 1.807) is 42.8 Å². The van der Waals surface area contributed by atoms with Crippen LogP contribution in [0.3, 0.4) is 0 Å². The minimum atomic E-state index is -1.09. The molecule has 2 N–H and O–H groups in total. The van der Waals surface area contributed by atoms with Gasteiger partial charge in [0.15, 0.2) is 0 Å². The van der Waals surface area contributed by atoms with E-state index in [4.69, 9.17) is 0 Å². The number of aliphatic hydroxyl groups is 2. The van der Waals surface area contributed by atoms with Crippen molar-refractivity contribution in [3.63, 3.8) is 0 Å². The minimum absolute atomic E-state index is 0.366. The fourth-order valence-electron chi connectivity index (χ4n) is 2.92. The third-order valence-electron chi connectivity index (χ3n) is 3.94. The predicted octanol–water partition coefficient (Wildman–Crippen LogP) is 3.85. The summed E-state index contributed by atoms with van der Waals surface area (Å²) in [6.07, 6.45) is 12.2. The Morgan fingerprint density at radius 3 is 1.91 bits per heavy atom. The first-order valence-corrected chi connectivity index (χ1v) is 7.76. The molecule has 3 heteroatoms. The summed E-state index contributed by atoms with van der Waals surface area (Å²) in [7, 11) is 0. The lowest BCUT2D eigenvalue weighted by atomic mass is 9.80. The van der Waals surface area contributed by atoms with Crippen molar-refractivity contribution in [1.29, 1.82) is 0 Å². The molecule has 0 radical (unpaired) electrons. The first-order chi connectivity index (χ1) is 10.9. The van der Waals surface area contributed by atoms with E-state index in [1.165, 1.54) is 0 Å². The van der Waals surface area contributed by atoms with E-state index >= 15 is 0 Å². The molecule has 0 spiro atoms. The van der Waals surface area contributed by atoms with Crippen LogP contribution in [-0.4, -0.2) is 20.8 Å². The zero-order chi connectivity index (χ0) is 17.3. The highest BCUT2D eigenvalue weighted by Crippen LogP contribution is 2.34. The lowest BCUT2D eigenvalue weighted by Gasteiger charge is -2.32. The Morgan fingerprint density at radius 2 is 1.43 bits per heavy atom. The summed E-state index contributed by atoms with van der Waals surface area (Å²) in [5, 5.41) is 21.9. The lowest BCUT2D eigenvalue weighted by molar-refractivity contribution is 0.0329. The number of hydrogen-bond donors (Lipinski definition) is 2. The quantitative estimate of drug-likeness (QED) is 0.610. The van der Waals surface area contributed by atoms with Crippen LogP contribution in [0, 0.1) is 0 Å². The van der Waals surface area contributed by atoms with E-state index in [2.05, 4.69) is 31.3 Å². The Balaban J connectivity index is 3.27. The number of nitrogens with zero attached hydrogens (tertiary/aromatic N) is 1. The van der Waals surface area contributed by atoms with E-state index < -0.39 is 11.2 Å². The molecule has 0 atom stereocenters. The largest absolute Gasteiger partial charge is 0.389 e. The molecule has 1 aromatic heterocycles. The van der Waals surface area contributed by atoms with Crippen molar-refractivity contribution in [1.82, 2.24) is 4.98 Å². The highest BCUT2D eigenvalue weighted by atomic mass is 16.3. The molecule has 1 aromatic rings. The van der Waals surface area contributed by atoms with E-state index in [0.717, 1.165) is 11.1 Å². The number of hydrogen-bond acceptors (Lipinski definition) is 3. The number of rotatable bonds is 11. The third-order valence-corrected chi connectivity index (χ3v) is 3.94. The number of aromatic nitrogens is 1. The first-order valence-electron chi connectivity index (χ1n) is 7.76. The van der Waals surface area contributed by atoms with Crippen LogP contribution in [0.4, 0.5) is 0 Å². The van der Waals surface area contributed by atoms with Gasteiger partial charge in [-0.1, -0.05) is 24.3 Å². The average molecular weight is 313 g/mol. The van der Waals surface area contributed by atoms with Crippen LogP contribution >= 0.6 is 0 Å². The molecule has 0 aliphatic carbocycles. The maximum Gasteiger partial charge on any atom is 0.0968 e. The van der Waals surface area contributed by atoms with Gasteiger partial charge >= 0.3 is 0 Å². The topological polar surface area (TPSA) is 53.4 Å². The van der Waals surface area contributed by atoms with Gasteiger partial charge < -0.3 is 10.2 Å². The van der Waals surface area contributed by atoms with Crippen LogP contribution in [0.2, 0.25) is 0 Å². The summed E-state index contributed by atoms with van der Waals surface area (Å²) >= 11 is 0. The van der Waals surface area contributed by atoms with Crippen LogP contribution in [-0.2, 0) is 12.0 Å². The molecule has 0 fully saturated rings. The van der Waals surface area contributed by atoms with Gasteiger partial charge in [0.25, 0.3) is 0 Å². The molecule has 0 bridgehead atoms. The zero-order valence-electron chi connectivity index (χ0n) is 13.7. The lowest BCUT2D eigenvalue weighted by Crippen LogP contribution is -2.33. The molecule has 0 amide bonds. The van der Waals surface area contributed by atoms with Gasteiger partial charge in [-0.15, -0.1) is 26.3 Å². The van der Waals surface area contributed by atoms with Crippen molar-refractivity contribution in [2.24, 2.45) is 0 Å². The average Bonchev–Trinajstić information content (AvgIpc) is 2.48. The fraction of sp³-hybridized carbons (Fsp3) is 0.350. The Hall–Kier alpha value is -1.97. The maximum atomic E-state index is 11.0. The molecule has 0 saturated carbocycles. The normalized spacial score (nSPS) is 11.7. The van der Waals surface area contributed by atoms with Crippen molar-refractivity contribution in [2.75, 3.05) is 0 Å². The van der Waals surface area contributed by atoms with E-state index in [9.17, 15) is 10.2 Å². The maximum absolute atomic E-state index is 11.0. The summed E-state index contributed by atoms with van der Waals surface area (Å²) < 4.78 is 0. The van der Waals surface area contributed by atoms with Gasteiger partial charge in [-0.2, -0.15) is 0 Å². The van der Waals surface area contributed by atoms with Gasteiger partial charge in [-0.05, 0) is 42.9 Å². The van der Waals surface area contributed by atoms with Crippen LogP contribution in [0.25, 0.3) is 0 Å². The van der Waals surface area contributed by atoms with Gasteiger partial charge in [-0.3, -0.25) is 4.98 Å². The molecule has 1 rings (SSSR count). The molecule has 3 nitrogen and oxygen atoms in total. The minimum Gasteiger partial charge on any atom is -0.389 e. The van der Waals surface area contributed by atoms with Crippen molar-refractivity contribution < 1.29 is 10.2 Å². The Kier molecular flexibility index (Phi) is 7.14. The molecule has 0 aliphatic heterocycles. The van der Waals surface area contributed by atoms with E-state index in [-0.39, 0.29) is 0 Å². The van der Waals surface area contributed by atoms with Crippen molar-refractivity contribution in [3.05, 3.63) is 80.2 Å². The Morgan fingerprint density at radius 1 is 0.913 bits per heavy atom. The highest BCUT2D eigenvalue weighted by molar-refractivity contribution is 5.32. The van der Waals surface area contributed by atoms with Crippen LogP contribution < -0.4 is 0 Å². The molecule has 0 aliphatic rings. The summed E-state index contributed by atoms with van der Waals surface area (Å²) in [6, 6.07) is 1.80. The van der Waals surface area contributed by atoms with Gasteiger partial charge in [0.05, 0.1) is 11.2 Å². The second kappa shape index (κ2) is 8.61. The van der Waals surface area contributed by atoms with E-state index in [0.29, 0.717) is 32.1 Å². The van der Waals surface area contributed by atoms with Gasteiger partial charge in [0, 0.05) is 18.8 Å². The molecule has 0 saturated heterocycles. The monoisotopic (exact) mass is 313 g/mol. The third kappa shape index (κ3) is 5.02.